The highest BCUT2D eigenvalue weighted by molar-refractivity contribution is 6.14. The van der Waals surface area contributed by atoms with E-state index in [0.29, 0.717) is 55.3 Å². The molecule has 0 spiro atoms. The minimum Gasteiger partial charge on any atom is -0.493 e. The molecule has 44 heavy (non-hydrogen) atoms. The largest absolute Gasteiger partial charge is 0.493 e. The summed E-state index contributed by atoms with van der Waals surface area (Å²) in [5, 5.41) is 15.6. The minimum atomic E-state index is -0.663. The number of rotatable bonds is 11. The van der Waals surface area contributed by atoms with Gasteiger partial charge in [0.15, 0.2) is 11.4 Å². The number of ether oxygens (including phenoxy) is 1. The van der Waals surface area contributed by atoms with Gasteiger partial charge in [0, 0.05) is 60.3 Å². The van der Waals surface area contributed by atoms with E-state index in [-0.39, 0.29) is 30.2 Å². The molecule has 5 heterocycles. The lowest BCUT2D eigenvalue weighted by Gasteiger charge is -2.31. The Hall–Kier alpha value is -4.16. The van der Waals surface area contributed by atoms with Crippen molar-refractivity contribution >= 4 is 28.6 Å². The Labute approximate surface area is 254 Å². The van der Waals surface area contributed by atoms with Gasteiger partial charge in [-0.15, -0.1) is 0 Å². The van der Waals surface area contributed by atoms with Crippen molar-refractivity contribution in [1.82, 2.24) is 24.5 Å². The zero-order valence-electron chi connectivity index (χ0n) is 24.9. The fraction of sp³-hybridized carbons (Fsp3) is 0.500. The van der Waals surface area contributed by atoms with Crippen molar-refractivity contribution in [2.45, 2.75) is 70.4 Å². The summed E-state index contributed by atoms with van der Waals surface area (Å²) in [7, 11) is 0. The Bertz CT molecular complexity index is 1650. The first-order valence-electron chi connectivity index (χ1n) is 15.4. The number of likely N-dealkylation sites (tertiary alicyclic amines) is 1. The topological polar surface area (TPSA) is 148 Å². The lowest BCUT2D eigenvalue weighted by molar-refractivity contribution is -0.140. The molecular weight excluding hydrogens is 566 g/mol. The zero-order chi connectivity index (χ0) is 30.8. The van der Waals surface area contributed by atoms with Crippen LogP contribution in [0.3, 0.4) is 0 Å². The van der Waals surface area contributed by atoms with E-state index < -0.39 is 17.9 Å². The van der Waals surface area contributed by atoms with Crippen LogP contribution in [0.5, 0.6) is 5.75 Å². The summed E-state index contributed by atoms with van der Waals surface area (Å²) in [5.41, 5.74) is 3.04. The molecule has 232 valence electrons. The molecular formula is C32H37N5O7. The number of hydrogen-bond acceptors (Lipinski definition) is 10. The van der Waals surface area contributed by atoms with Gasteiger partial charge in [-0.05, 0) is 70.7 Å². The fourth-order valence-electron chi connectivity index (χ4n) is 6.37. The molecule has 0 radical (unpaired) electrons. The summed E-state index contributed by atoms with van der Waals surface area (Å²) in [4.78, 5) is 56.4. The van der Waals surface area contributed by atoms with Gasteiger partial charge < -0.3 is 19.3 Å². The first kappa shape index (κ1) is 29.9. The van der Waals surface area contributed by atoms with Crippen LogP contribution in [-0.4, -0.2) is 80.0 Å². The highest BCUT2D eigenvalue weighted by atomic mass is 16.5. The molecule has 0 saturated carbocycles. The number of carbonyl (C=O) groups is 3. The smallest absolute Gasteiger partial charge is 0.257 e. The van der Waals surface area contributed by atoms with Gasteiger partial charge in [0.25, 0.3) is 17.4 Å². The van der Waals surface area contributed by atoms with E-state index in [2.05, 4.69) is 15.0 Å². The Morgan fingerprint density at radius 2 is 1.86 bits per heavy atom. The molecule has 2 amide bonds. The Morgan fingerprint density at radius 3 is 2.64 bits per heavy atom. The van der Waals surface area contributed by atoms with Crippen LogP contribution >= 0.6 is 0 Å². The van der Waals surface area contributed by atoms with Gasteiger partial charge in [-0.25, -0.2) is 4.98 Å². The van der Waals surface area contributed by atoms with Gasteiger partial charge in [-0.3, -0.25) is 28.6 Å². The van der Waals surface area contributed by atoms with Crippen molar-refractivity contribution < 1.29 is 28.8 Å². The molecule has 1 atom stereocenters. The van der Waals surface area contributed by atoms with Crippen molar-refractivity contribution in [3.63, 3.8) is 0 Å². The molecule has 12 heteroatoms. The number of hydrogen-bond donors (Lipinski definition) is 1. The standard InChI is InChI=1S/C32H37N5O7/c1-20-24(32(42)36-13-2-5-26(39)31(36)33-20)12-16-35-14-10-21(11-15-35)30-25-7-6-23(18-27(25)44-34-30)43-17-3-4-22(38)19-37-28(40)8-9-29(37)41/h6-9,18,21,26,39H,2-5,10-17,19H2,1H3. The second-order valence-electron chi connectivity index (χ2n) is 11.8. The zero-order valence-corrected chi connectivity index (χ0v) is 24.9. The second kappa shape index (κ2) is 12.8. The summed E-state index contributed by atoms with van der Waals surface area (Å²) in [6.07, 6.45) is 6.28. The molecule has 3 aromatic rings. The van der Waals surface area contributed by atoms with Crippen molar-refractivity contribution in [3.05, 3.63) is 63.5 Å². The summed E-state index contributed by atoms with van der Waals surface area (Å²) in [6, 6.07) is 5.64. The molecule has 2 aromatic heterocycles. The van der Waals surface area contributed by atoms with Gasteiger partial charge in [0.1, 0.15) is 17.7 Å². The number of piperidine rings is 1. The number of carbonyl (C=O) groups excluding carboxylic acids is 3. The third-order valence-corrected chi connectivity index (χ3v) is 8.88. The summed E-state index contributed by atoms with van der Waals surface area (Å²) < 4.78 is 13.1. The minimum absolute atomic E-state index is 0.0160. The van der Waals surface area contributed by atoms with E-state index in [1.54, 1.807) is 4.57 Å². The quantitative estimate of drug-likeness (QED) is 0.256. The van der Waals surface area contributed by atoms with Crippen LogP contribution in [0, 0.1) is 6.92 Å². The molecule has 3 aliphatic heterocycles. The number of imide groups is 1. The molecule has 12 nitrogen and oxygen atoms in total. The van der Waals surface area contributed by atoms with Gasteiger partial charge in [0.05, 0.1) is 18.8 Å². The first-order chi connectivity index (χ1) is 21.3. The van der Waals surface area contributed by atoms with Crippen molar-refractivity contribution in [2.75, 3.05) is 32.8 Å². The van der Waals surface area contributed by atoms with E-state index in [4.69, 9.17) is 9.26 Å². The molecule has 1 saturated heterocycles. The summed E-state index contributed by atoms with van der Waals surface area (Å²) >= 11 is 0. The number of aliphatic hydroxyl groups is 1. The Balaban J connectivity index is 0.973. The number of nitrogens with zero attached hydrogens (tertiary/aromatic N) is 5. The highest BCUT2D eigenvalue weighted by Gasteiger charge is 2.28. The summed E-state index contributed by atoms with van der Waals surface area (Å²) in [6.45, 7) is 5.15. The monoisotopic (exact) mass is 603 g/mol. The Kier molecular flexibility index (Phi) is 8.72. The van der Waals surface area contributed by atoms with Crippen molar-refractivity contribution in [3.8, 4) is 5.75 Å². The van der Waals surface area contributed by atoms with Crippen LogP contribution in [0.1, 0.15) is 73.3 Å². The van der Waals surface area contributed by atoms with Gasteiger partial charge in [-0.1, -0.05) is 5.16 Å². The maximum absolute atomic E-state index is 13.1. The van der Waals surface area contributed by atoms with Crippen LogP contribution in [0.15, 0.2) is 39.7 Å². The highest BCUT2D eigenvalue weighted by Crippen LogP contribution is 2.34. The van der Waals surface area contributed by atoms with E-state index in [1.807, 2.05) is 25.1 Å². The van der Waals surface area contributed by atoms with E-state index in [0.717, 1.165) is 60.4 Å². The number of aliphatic hydroxyl groups excluding tert-OH is 1. The molecule has 1 N–H and O–H groups in total. The average molecular weight is 604 g/mol. The van der Waals surface area contributed by atoms with Crippen LogP contribution in [-0.2, 0) is 27.3 Å². The number of fused-ring (bicyclic) bond motifs is 2. The van der Waals surface area contributed by atoms with Gasteiger partial charge >= 0.3 is 0 Å². The predicted octanol–water partition coefficient (Wildman–Crippen LogP) is 2.60. The third-order valence-electron chi connectivity index (χ3n) is 8.88. The van der Waals surface area contributed by atoms with Crippen LogP contribution in [0.4, 0.5) is 0 Å². The lowest BCUT2D eigenvalue weighted by Crippen LogP contribution is -2.37. The molecule has 6 rings (SSSR count). The SMILES string of the molecule is Cc1nc2n(c(=O)c1CCN1CCC(c3noc4cc(OCCCC(=O)CN5C(=O)C=CC5=O)ccc34)CC1)CCCC2O. The second-order valence-corrected chi connectivity index (χ2v) is 11.8. The van der Waals surface area contributed by atoms with Gasteiger partial charge in [-0.2, -0.15) is 0 Å². The molecule has 3 aliphatic rings. The molecule has 0 bridgehead atoms. The Morgan fingerprint density at radius 1 is 1.09 bits per heavy atom. The van der Waals surface area contributed by atoms with Crippen LogP contribution in [0.25, 0.3) is 11.0 Å². The van der Waals surface area contributed by atoms with E-state index >= 15 is 0 Å². The molecule has 1 aromatic carbocycles. The number of Topliss-reactive ketones (excluding diaryl/α,β-unsaturated/α-hetero) is 1. The van der Waals surface area contributed by atoms with E-state index in [9.17, 15) is 24.3 Å². The first-order valence-corrected chi connectivity index (χ1v) is 15.4. The molecule has 1 fully saturated rings. The number of aryl methyl sites for hydroxylation is 1. The number of benzene rings is 1. The molecule has 0 aliphatic carbocycles. The maximum atomic E-state index is 13.1. The summed E-state index contributed by atoms with van der Waals surface area (Å²) in [5.74, 6) is 0.280. The normalized spacial score (nSPS) is 19.2. The van der Waals surface area contributed by atoms with Gasteiger partial charge in [0.2, 0.25) is 0 Å². The van der Waals surface area contributed by atoms with Crippen LogP contribution in [0.2, 0.25) is 0 Å². The van der Waals surface area contributed by atoms with Crippen LogP contribution < -0.4 is 10.3 Å². The third kappa shape index (κ3) is 6.22. The van der Waals surface area contributed by atoms with E-state index in [1.165, 1.54) is 12.2 Å². The van der Waals surface area contributed by atoms with Crippen molar-refractivity contribution in [1.29, 1.82) is 0 Å². The fourth-order valence-corrected chi connectivity index (χ4v) is 6.37. The van der Waals surface area contributed by atoms with Crippen molar-refractivity contribution in [2.24, 2.45) is 0 Å². The number of amides is 2. The maximum Gasteiger partial charge on any atom is 0.257 e. The predicted molar refractivity (Wildman–Crippen MR) is 159 cm³/mol. The number of aromatic nitrogens is 3. The lowest BCUT2D eigenvalue weighted by atomic mass is 9.91. The average Bonchev–Trinajstić information content (AvgIpc) is 3.58. The molecule has 1 unspecified atom stereocenters. The number of ketones is 1.